The van der Waals surface area contributed by atoms with Crippen LogP contribution in [0.25, 0.3) is 0 Å². The number of nitrogens with zero attached hydrogens (tertiary/aromatic N) is 3. The minimum absolute atomic E-state index is 0.0135. The summed E-state index contributed by atoms with van der Waals surface area (Å²) in [5, 5.41) is 12.3. The fraction of sp³-hybridized carbons (Fsp3) is 0.0714. The summed E-state index contributed by atoms with van der Waals surface area (Å²) in [7, 11) is 0. The fourth-order valence-electron chi connectivity index (χ4n) is 1.49. The van der Waals surface area contributed by atoms with Crippen LogP contribution >= 0.6 is 11.6 Å². The van der Waals surface area contributed by atoms with Gasteiger partial charge in [-0.2, -0.15) is 23.5 Å². The number of aromatic nitrogens is 1. The van der Waals surface area contributed by atoms with Gasteiger partial charge in [0.2, 0.25) is 0 Å². The molecule has 0 unspecified atom stereocenters. The van der Waals surface area contributed by atoms with Crippen molar-refractivity contribution < 1.29 is 13.2 Å². The number of alkyl halides is 3. The summed E-state index contributed by atoms with van der Waals surface area (Å²) in [6.45, 7) is 0. The molecule has 0 saturated heterocycles. The largest absolute Gasteiger partial charge is 0.417 e. The van der Waals surface area contributed by atoms with Gasteiger partial charge in [-0.25, -0.2) is 4.98 Å². The zero-order valence-corrected chi connectivity index (χ0v) is 11.7. The van der Waals surface area contributed by atoms with E-state index in [-0.39, 0.29) is 10.8 Å². The molecule has 0 spiro atoms. The summed E-state index contributed by atoms with van der Waals surface area (Å²) in [6, 6.07) is 9.33. The van der Waals surface area contributed by atoms with Crippen LogP contribution in [-0.4, -0.2) is 11.2 Å². The van der Waals surface area contributed by atoms with Crippen molar-refractivity contribution in [1.82, 2.24) is 4.98 Å². The van der Waals surface area contributed by atoms with Crippen LogP contribution in [0.1, 0.15) is 16.7 Å². The van der Waals surface area contributed by atoms with E-state index in [1.807, 2.05) is 6.07 Å². The molecule has 0 radical (unpaired) electrons. The summed E-state index contributed by atoms with van der Waals surface area (Å²) in [4.78, 5) is 3.58. The molecule has 8 heteroatoms. The first kappa shape index (κ1) is 15.8. The fourth-order valence-corrected chi connectivity index (χ4v) is 1.70. The lowest BCUT2D eigenvalue weighted by Gasteiger charge is -2.08. The van der Waals surface area contributed by atoms with E-state index in [0.717, 1.165) is 6.07 Å². The van der Waals surface area contributed by atoms with E-state index in [1.54, 1.807) is 24.3 Å². The van der Waals surface area contributed by atoms with E-state index in [2.05, 4.69) is 15.5 Å². The van der Waals surface area contributed by atoms with Gasteiger partial charge in [0.25, 0.3) is 0 Å². The lowest BCUT2D eigenvalue weighted by Crippen LogP contribution is -2.06. The van der Waals surface area contributed by atoms with E-state index in [4.69, 9.17) is 16.9 Å². The van der Waals surface area contributed by atoms with E-state index in [9.17, 15) is 13.2 Å². The van der Waals surface area contributed by atoms with Gasteiger partial charge in [0.15, 0.2) is 5.82 Å². The molecule has 1 heterocycles. The van der Waals surface area contributed by atoms with Gasteiger partial charge in [-0.1, -0.05) is 23.7 Å². The third-order valence-corrected chi connectivity index (χ3v) is 2.88. The molecule has 0 aliphatic heterocycles. The zero-order chi connectivity index (χ0) is 16.2. The Morgan fingerprint density at radius 1 is 1.27 bits per heavy atom. The Labute approximate surface area is 128 Å². The predicted molar refractivity (Wildman–Crippen MR) is 76.6 cm³/mol. The van der Waals surface area contributed by atoms with Crippen LogP contribution in [0, 0.1) is 11.3 Å². The maximum Gasteiger partial charge on any atom is 0.417 e. The number of hydrogen-bond acceptors (Lipinski definition) is 4. The summed E-state index contributed by atoms with van der Waals surface area (Å²) < 4.78 is 37.4. The van der Waals surface area contributed by atoms with Crippen molar-refractivity contribution in [3.05, 3.63) is 58.2 Å². The standard InChI is InChI=1S/C14H8ClF3N4/c15-12-5-11(14(16,17)18)8-20-13(12)22-21-7-10-3-1-9(6-19)2-4-10/h1-5,7-8H,(H,20,22)/b21-7-. The molecular formula is C14H8ClF3N4. The second-order valence-electron chi connectivity index (χ2n) is 4.16. The number of nitrogens with one attached hydrogen (secondary N) is 1. The highest BCUT2D eigenvalue weighted by Crippen LogP contribution is 2.32. The second kappa shape index (κ2) is 6.45. The first-order chi connectivity index (χ1) is 10.4. The monoisotopic (exact) mass is 324 g/mol. The van der Waals surface area contributed by atoms with Crippen LogP contribution < -0.4 is 5.43 Å². The van der Waals surface area contributed by atoms with Crippen LogP contribution in [0.4, 0.5) is 19.0 Å². The number of nitriles is 1. The number of rotatable bonds is 3. The average Bonchev–Trinajstić information content (AvgIpc) is 2.48. The molecule has 0 fully saturated rings. The normalized spacial score (nSPS) is 11.4. The van der Waals surface area contributed by atoms with Crippen LogP contribution in [0.3, 0.4) is 0 Å². The molecule has 1 aromatic heterocycles. The molecule has 0 atom stereocenters. The maximum atomic E-state index is 12.5. The molecule has 4 nitrogen and oxygen atoms in total. The van der Waals surface area contributed by atoms with Gasteiger partial charge in [0.05, 0.1) is 28.4 Å². The number of hydrogen-bond donors (Lipinski definition) is 1. The van der Waals surface area contributed by atoms with Crippen LogP contribution in [0.5, 0.6) is 0 Å². The summed E-state index contributed by atoms with van der Waals surface area (Å²) in [6.07, 6.45) is -2.40. The highest BCUT2D eigenvalue weighted by molar-refractivity contribution is 6.32. The smallest absolute Gasteiger partial charge is 0.260 e. The van der Waals surface area contributed by atoms with Gasteiger partial charge in [-0.3, -0.25) is 5.43 Å². The molecule has 0 bridgehead atoms. The van der Waals surface area contributed by atoms with Gasteiger partial charge >= 0.3 is 6.18 Å². The van der Waals surface area contributed by atoms with E-state index in [1.165, 1.54) is 6.21 Å². The van der Waals surface area contributed by atoms with Gasteiger partial charge in [-0.05, 0) is 23.8 Å². The van der Waals surface area contributed by atoms with Crippen LogP contribution in [0.2, 0.25) is 5.02 Å². The molecule has 112 valence electrons. The number of benzene rings is 1. The van der Waals surface area contributed by atoms with Crippen LogP contribution in [0.15, 0.2) is 41.6 Å². The Hall–Kier alpha value is -2.59. The molecule has 1 aromatic carbocycles. The summed E-state index contributed by atoms with van der Waals surface area (Å²) in [5.41, 5.74) is 2.75. The van der Waals surface area contributed by atoms with E-state index in [0.29, 0.717) is 17.3 Å². The van der Waals surface area contributed by atoms with Gasteiger partial charge in [0.1, 0.15) is 0 Å². The lowest BCUT2D eigenvalue weighted by molar-refractivity contribution is -0.137. The molecule has 2 rings (SSSR count). The van der Waals surface area contributed by atoms with Gasteiger partial charge < -0.3 is 0 Å². The molecule has 1 N–H and O–H groups in total. The maximum absolute atomic E-state index is 12.5. The number of anilines is 1. The predicted octanol–water partition coefficient (Wildman–Crippen LogP) is 4.07. The molecule has 0 aliphatic rings. The van der Waals surface area contributed by atoms with Gasteiger partial charge in [-0.15, -0.1) is 0 Å². The quantitative estimate of drug-likeness (QED) is 0.684. The molecule has 0 aliphatic carbocycles. The zero-order valence-electron chi connectivity index (χ0n) is 10.9. The SMILES string of the molecule is N#Cc1ccc(/C=N\Nc2ncc(C(F)(F)F)cc2Cl)cc1. The van der Waals surface area contributed by atoms with E-state index < -0.39 is 11.7 Å². The summed E-state index contributed by atoms with van der Waals surface area (Å²) in [5.74, 6) is 0.0135. The third-order valence-electron chi connectivity index (χ3n) is 2.59. The minimum Gasteiger partial charge on any atom is -0.260 e. The second-order valence-corrected chi connectivity index (χ2v) is 4.56. The molecule has 22 heavy (non-hydrogen) atoms. The minimum atomic E-state index is -4.50. The molecule has 0 amide bonds. The highest BCUT2D eigenvalue weighted by Gasteiger charge is 2.31. The molecular weight excluding hydrogens is 317 g/mol. The van der Waals surface area contributed by atoms with Crippen molar-refractivity contribution in [2.24, 2.45) is 5.10 Å². The van der Waals surface area contributed by atoms with Crippen molar-refractivity contribution in [2.75, 3.05) is 5.43 Å². The third kappa shape index (κ3) is 3.96. The number of hydrazone groups is 1. The lowest BCUT2D eigenvalue weighted by atomic mass is 10.2. The highest BCUT2D eigenvalue weighted by atomic mass is 35.5. The topological polar surface area (TPSA) is 61.1 Å². The van der Waals surface area contributed by atoms with Crippen molar-refractivity contribution >= 4 is 23.6 Å². The van der Waals surface area contributed by atoms with Crippen molar-refractivity contribution in [2.45, 2.75) is 6.18 Å². The van der Waals surface area contributed by atoms with Crippen molar-refractivity contribution in [3.63, 3.8) is 0 Å². The first-order valence-corrected chi connectivity index (χ1v) is 6.30. The first-order valence-electron chi connectivity index (χ1n) is 5.92. The van der Waals surface area contributed by atoms with Crippen molar-refractivity contribution in [1.29, 1.82) is 5.26 Å². The molecule has 0 saturated carbocycles. The summed E-state index contributed by atoms with van der Waals surface area (Å²) >= 11 is 5.72. The molecule has 2 aromatic rings. The number of pyridine rings is 1. The number of halogens is 4. The Balaban J connectivity index is 2.08. The average molecular weight is 325 g/mol. The Morgan fingerprint density at radius 3 is 2.50 bits per heavy atom. The Kier molecular flexibility index (Phi) is 4.63. The Bertz CT molecular complexity index is 733. The van der Waals surface area contributed by atoms with E-state index >= 15 is 0 Å². The van der Waals surface area contributed by atoms with Crippen molar-refractivity contribution in [3.8, 4) is 6.07 Å². The Morgan fingerprint density at radius 2 is 1.95 bits per heavy atom. The van der Waals surface area contributed by atoms with Gasteiger partial charge in [0, 0.05) is 6.20 Å². The van der Waals surface area contributed by atoms with Crippen LogP contribution in [-0.2, 0) is 6.18 Å².